The van der Waals surface area contributed by atoms with E-state index in [0.29, 0.717) is 17.5 Å². The van der Waals surface area contributed by atoms with E-state index in [0.717, 1.165) is 0 Å². The molecule has 0 bridgehead atoms. The Kier molecular flexibility index (Phi) is 4.97. The zero-order chi connectivity index (χ0) is 14.5. The number of halogens is 2. The van der Waals surface area contributed by atoms with E-state index in [2.05, 4.69) is 15.5 Å². The van der Waals surface area contributed by atoms with Gasteiger partial charge in [0.1, 0.15) is 10.8 Å². The molecule has 1 fully saturated rings. The molecule has 1 saturated heterocycles. The van der Waals surface area contributed by atoms with Crippen LogP contribution in [0, 0.1) is 5.82 Å². The summed E-state index contributed by atoms with van der Waals surface area (Å²) in [5.74, 6) is -0.143. The van der Waals surface area contributed by atoms with Crippen LogP contribution < -0.4 is 10.1 Å². The predicted molar refractivity (Wildman–Crippen MR) is 78.2 cm³/mol. The van der Waals surface area contributed by atoms with Crippen LogP contribution in [-0.4, -0.2) is 29.6 Å². The van der Waals surface area contributed by atoms with Crippen molar-refractivity contribution < 1.29 is 13.9 Å². The number of rotatable bonds is 4. The van der Waals surface area contributed by atoms with Crippen molar-refractivity contribution in [2.45, 2.75) is 6.92 Å². The van der Waals surface area contributed by atoms with Gasteiger partial charge in [-0.25, -0.2) is 4.39 Å². The molecule has 1 aliphatic heterocycles. The number of hydrogen-bond donors (Lipinski definition) is 1. The summed E-state index contributed by atoms with van der Waals surface area (Å²) in [4.78, 5) is 10.9. The number of hydrogen-bond acceptors (Lipinski definition) is 5. The molecule has 0 unspecified atom stereocenters. The van der Waals surface area contributed by atoms with Crippen LogP contribution in [0.25, 0.3) is 0 Å². The maximum Gasteiger partial charge on any atom is 0.236 e. The minimum atomic E-state index is -0.621. The molecule has 0 aromatic heterocycles. The van der Waals surface area contributed by atoms with Gasteiger partial charge in [-0.1, -0.05) is 23.4 Å². The van der Waals surface area contributed by atoms with Crippen LogP contribution >= 0.6 is 23.4 Å². The molecule has 0 spiro atoms. The molecule has 0 radical (unpaired) electrons. The highest BCUT2D eigenvalue weighted by Crippen LogP contribution is 2.28. The second kappa shape index (κ2) is 6.71. The number of carbonyl (C=O) groups is 1. The van der Waals surface area contributed by atoms with Gasteiger partial charge in [0.15, 0.2) is 11.0 Å². The number of nitrogens with zero attached hydrogens (tertiary/aromatic N) is 2. The summed E-state index contributed by atoms with van der Waals surface area (Å²) in [6.07, 6.45) is 1.23. The van der Waals surface area contributed by atoms with E-state index in [-0.39, 0.29) is 22.2 Å². The number of amides is 1. The number of nitrogens with one attached hydrogen (secondary N) is 1. The van der Waals surface area contributed by atoms with Crippen molar-refractivity contribution in [2.24, 2.45) is 10.2 Å². The van der Waals surface area contributed by atoms with E-state index < -0.39 is 5.82 Å². The molecule has 20 heavy (non-hydrogen) atoms. The van der Waals surface area contributed by atoms with Crippen molar-refractivity contribution in [3.8, 4) is 5.75 Å². The molecule has 1 aromatic rings. The summed E-state index contributed by atoms with van der Waals surface area (Å²) in [5.41, 5.74) is 0.192. The van der Waals surface area contributed by atoms with E-state index in [4.69, 9.17) is 16.3 Å². The molecule has 0 aliphatic carbocycles. The summed E-state index contributed by atoms with van der Waals surface area (Å²) in [6, 6.07) is 3.06. The number of thioether (sulfide) groups is 1. The fourth-order valence-corrected chi connectivity index (χ4v) is 2.29. The third-order valence-electron chi connectivity index (χ3n) is 2.31. The van der Waals surface area contributed by atoms with Crippen molar-refractivity contribution in [2.75, 3.05) is 12.4 Å². The van der Waals surface area contributed by atoms with Crippen LogP contribution in [0.5, 0.6) is 5.75 Å². The number of carbonyl (C=O) groups excluding carboxylic acids is 1. The highest BCUT2D eigenvalue weighted by Gasteiger charge is 2.16. The Morgan fingerprint density at radius 3 is 3.05 bits per heavy atom. The summed E-state index contributed by atoms with van der Waals surface area (Å²) >= 11 is 7.08. The van der Waals surface area contributed by atoms with Gasteiger partial charge in [0.05, 0.1) is 18.6 Å². The Morgan fingerprint density at radius 1 is 1.60 bits per heavy atom. The minimum Gasteiger partial charge on any atom is -0.492 e. The van der Waals surface area contributed by atoms with E-state index >= 15 is 0 Å². The van der Waals surface area contributed by atoms with Crippen molar-refractivity contribution in [1.82, 2.24) is 5.32 Å². The molecular weight excluding hydrogens is 305 g/mol. The topological polar surface area (TPSA) is 63.1 Å². The Hall–Kier alpha value is -1.60. The third-order valence-corrected chi connectivity index (χ3v) is 3.52. The molecule has 1 aromatic carbocycles. The van der Waals surface area contributed by atoms with E-state index in [1.165, 1.54) is 24.0 Å². The number of ether oxygens (including phenoxy) is 1. The normalized spacial score (nSPS) is 16.9. The average molecular weight is 316 g/mol. The molecule has 1 heterocycles. The van der Waals surface area contributed by atoms with Crippen molar-refractivity contribution >= 4 is 40.7 Å². The van der Waals surface area contributed by atoms with Crippen LogP contribution in [0.15, 0.2) is 22.3 Å². The highest BCUT2D eigenvalue weighted by atomic mass is 35.5. The van der Waals surface area contributed by atoms with Crippen molar-refractivity contribution in [3.05, 3.63) is 28.5 Å². The van der Waals surface area contributed by atoms with Gasteiger partial charge in [0.25, 0.3) is 0 Å². The molecule has 1 N–H and O–H groups in total. The summed E-state index contributed by atoms with van der Waals surface area (Å²) in [7, 11) is 0. The first kappa shape index (κ1) is 14.8. The second-order valence-electron chi connectivity index (χ2n) is 3.70. The van der Waals surface area contributed by atoms with Crippen LogP contribution in [0.4, 0.5) is 4.39 Å². The minimum absolute atomic E-state index is 0.0907. The van der Waals surface area contributed by atoms with Gasteiger partial charge in [-0.05, 0) is 19.1 Å². The second-order valence-corrected chi connectivity index (χ2v) is 5.04. The van der Waals surface area contributed by atoms with Gasteiger partial charge < -0.3 is 10.1 Å². The smallest absolute Gasteiger partial charge is 0.236 e. The largest absolute Gasteiger partial charge is 0.492 e. The van der Waals surface area contributed by atoms with Gasteiger partial charge in [-0.3, -0.25) is 4.79 Å². The average Bonchev–Trinajstić information content (AvgIpc) is 2.84. The summed E-state index contributed by atoms with van der Waals surface area (Å²) in [6.45, 7) is 2.18. The zero-order valence-corrected chi connectivity index (χ0v) is 12.1. The lowest BCUT2D eigenvalue weighted by atomic mass is 10.2. The Bertz CT molecular complexity index is 592. The van der Waals surface area contributed by atoms with Gasteiger partial charge >= 0.3 is 0 Å². The fraction of sp³-hybridized carbons (Fsp3) is 0.250. The summed E-state index contributed by atoms with van der Waals surface area (Å²) in [5, 5.41) is 10.3. The van der Waals surface area contributed by atoms with Crippen LogP contribution in [0.1, 0.15) is 12.5 Å². The maximum absolute atomic E-state index is 13.9. The van der Waals surface area contributed by atoms with Crippen LogP contribution in [-0.2, 0) is 4.79 Å². The molecule has 8 heteroatoms. The summed E-state index contributed by atoms with van der Waals surface area (Å²) < 4.78 is 19.1. The molecule has 1 amide bonds. The van der Waals surface area contributed by atoms with E-state index in [1.807, 2.05) is 0 Å². The SMILES string of the molecule is CCOc1ccc(C=NN=C2NC(=O)CS2)c(F)c1Cl. The van der Waals surface area contributed by atoms with Gasteiger partial charge in [-0.2, -0.15) is 5.10 Å². The monoisotopic (exact) mass is 315 g/mol. The molecule has 1 aliphatic rings. The number of amidine groups is 1. The lowest BCUT2D eigenvalue weighted by Gasteiger charge is -2.07. The van der Waals surface area contributed by atoms with Crippen molar-refractivity contribution in [1.29, 1.82) is 0 Å². The molecular formula is C12H11ClFN3O2S. The predicted octanol–water partition coefficient (Wildman–Crippen LogP) is 2.43. The van der Waals surface area contributed by atoms with Gasteiger partial charge in [0, 0.05) is 5.56 Å². The maximum atomic E-state index is 13.9. The first-order valence-corrected chi connectivity index (χ1v) is 7.12. The number of benzene rings is 1. The first-order valence-electron chi connectivity index (χ1n) is 5.76. The lowest BCUT2D eigenvalue weighted by Crippen LogP contribution is -2.19. The zero-order valence-electron chi connectivity index (χ0n) is 10.5. The van der Waals surface area contributed by atoms with Crippen LogP contribution in [0.3, 0.4) is 0 Å². The Morgan fingerprint density at radius 2 is 2.40 bits per heavy atom. The Balaban J connectivity index is 2.13. The molecule has 0 atom stereocenters. The highest BCUT2D eigenvalue weighted by molar-refractivity contribution is 8.15. The molecule has 106 valence electrons. The molecule has 5 nitrogen and oxygen atoms in total. The molecule has 0 saturated carbocycles. The quantitative estimate of drug-likeness (QED) is 0.685. The standard InChI is InChI=1S/C12H11ClFN3O2S/c1-2-19-8-4-3-7(11(14)10(8)13)5-15-17-12-16-9(18)6-20-12/h3-5H,2,6H2,1H3,(H,16,17,18). The fourth-order valence-electron chi connectivity index (χ4n) is 1.44. The Labute approximate surface area is 124 Å². The van der Waals surface area contributed by atoms with Crippen molar-refractivity contribution in [3.63, 3.8) is 0 Å². The molecule has 2 rings (SSSR count). The lowest BCUT2D eigenvalue weighted by molar-refractivity contribution is -0.116. The third kappa shape index (κ3) is 3.49. The van der Waals surface area contributed by atoms with Crippen LogP contribution in [0.2, 0.25) is 5.02 Å². The van der Waals surface area contributed by atoms with E-state index in [1.54, 1.807) is 13.0 Å². The first-order chi connectivity index (χ1) is 9.61. The van der Waals surface area contributed by atoms with E-state index in [9.17, 15) is 9.18 Å². The van der Waals surface area contributed by atoms with Gasteiger partial charge in [0.2, 0.25) is 5.91 Å². The van der Waals surface area contributed by atoms with Gasteiger partial charge in [-0.15, -0.1) is 5.10 Å².